The number of rotatable bonds is 3. The van der Waals surface area contributed by atoms with E-state index in [1.807, 2.05) is 7.05 Å². The summed E-state index contributed by atoms with van der Waals surface area (Å²) < 4.78 is 0. The molecule has 0 saturated carbocycles. The lowest BCUT2D eigenvalue weighted by Crippen LogP contribution is -1.92. The highest BCUT2D eigenvalue weighted by atomic mass is 14.8. The lowest BCUT2D eigenvalue weighted by molar-refractivity contribution is 1.11. The first-order valence-corrected chi connectivity index (χ1v) is 5.13. The normalized spacial score (nSPS) is 11.6. The van der Waals surface area contributed by atoms with Gasteiger partial charge in [-0.1, -0.05) is 30.7 Å². The molecule has 0 fully saturated rings. The van der Waals surface area contributed by atoms with E-state index in [2.05, 4.69) is 50.4 Å². The average molecular weight is 189 g/mol. The molecule has 0 atom stereocenters. The van der Waals surface area contributed by atoms with Crippen molar-refractivity contribution in [3.63, 3.8) is 0 Å². The van der Waals surface area contributed by atoms with Gasteiger partial charge < -0.3 is 5.32 Å². The van der Waals surface area contributed by atoms with Gasteiger partial charge in [0.1, 0.15) is 0 Å². The fourth-order valence-corrected chi connectivity index (χ4v) is 1.38. The Kier molecular flexibility index (Phi) is 3.75. The molecule has 0 saturated heterocycles. The zero-order chi connectivity index (χ0) is 10.6. The molecule has 14 heavy (non-hydrogen) atoms. The van der Waals surface area contributed by atoms with Crippen molar-refractivity contribution in [3.05, 3.63) is 34.9 Å². The molecule has 0 amide bonds. The molecule has 0 aliphatic rings. The van der Waals surface area contributed by atoms with E-state index >= 15 is 0 Å². The summed E-state index contributed by atoms with van der Waals surface area (Å²) in [6, 6.07) is 6.49. The summed E-state index contributed by atoms with van der Waals surface area (Å²) in [5.41, 5.74) is 5.18. The molecule has 0 spiro atoms. The van der Waals surface area contributed by atoms with Crippen molar-refractivity contribution in [2.75, 3.05) is 12.4 Å². The molecule has 0 aliphatic carbocycles. The minimum atomic E-state index is 1.11. The van der Waals surface area contributed by atoms with Gasteiger partial charge in [0, 0.05) is 12.7 Å². The fourth-order valence-electron chi connectivity index (χ4n) is 1.38. The maximum atomic E-state index is 3.22. The number of benzene rings is 1. The van der Waals surface area contributed by atoms with Gasteiger partial charge in [-0.3, -0.25) is 0 Å². The van der Waals surface area contributed by atoms with Crippen LogP contribution >= 0.6 is 0 Å². The average Bonchev–Trinajstić information content (AvgIpc) is 2.20. The molecule has 1 rings (SSSR count). The smallest absolute Gasteiger partial charge is 0.0413 e. The minimum absolute atomic E-state index is 1.11. The van der Waals surface area contributed by atoms with Crippen LogP contribution in [-0.4, -0.2) is 7.05 Å². The highest BCUT2D eigenvalue weighted by Crippen LogP contribution is 2.20. The lowest BCUT2D eigenvalue weighted by Gasteiger charge is -2.07. The third-order valence-corrected chi connectivity index (χ3v) is 2.44. The van der Waals surface area contributed by atoms with E-state index in [1.165, 1.54) is 22.4 Å². The Morgan fingerprint density at radius 3 is 2.71 bits per heavy atom. The number of anilines is 1. The summed E-state index contributed by atoms with van der Waals surface area (Å²) in [7, 11) is 1.97. The second kappa shape index (κ2) is 4.85. The van der Waals surface area contributed by atoms with Gasteiger partial charge >= 0.3 is 0 Å². The second-order valence-corrected chi connectivity index (χ2v) is 3.68. The number of nitrogens with one attached hydrogen (secondary N) is 1. The Morgan fingerprint density at radius 2 is 2.14 bits per heavy atom. The zero-order valence-electron chi connectivity index (χ0n) is 9.52. The quantitative estimate of drug-likeness (QED) is 0.761. The van der Waals surface area contributed by atoms with E-state index in [4.69, 9.17) is 0 Å². The van der Waals surface area contributed by atoms with Gasteiger partial charge in [0.05, 0.1) is 0 Å². The minimum Gasteiger partial charge on any atom is -0.388 e. The van der Waals surface area contributed by atoms with Crippen LogP contribution < -0.4 is 5.32 Å². The number of hydrogen-bond acceptors (Lipinski definition) is 1. The maximum Gasteiger partial charge on any atom is 0.0413 e. The van der Waals surface area contributed by atoms with E-state index in [-0.39, 0.29) is 0 Å². The predicted molar refractivity (Wildman–Crippen MR) is 64.7 cm³/mol. The van der Waals surface area contributed by atoms with Crippen LogP contribution in [0.4, 0.5) is 5.69 Å². The number of hydrogen-bond donors (Lipinski definition) is 1. The van der Waals surface area contributed by atoms with E-state index in [0.717, 1.165) is 6.42 Å². The topological polar surface area (TPSA) is 12.0 Å². The van der Waals surface area contributed by atoms with Gasteiger partial charge in [-0.05, 0) is 37.5 Å². The van der Waals surface area contributed by atoms with Crippen molar-refractivity contribution in [2.24, 2.45) is 0 Å². The molecule has 1 aromatic carbocycles. The Hall–Kier alpha value is -1.24. The summed E-state index contributed by atoms with van der Waals surface area (Å²) in [6.07, 6.45) is 3.35. The molecule has 0 bridgehead atoms. The first-order chi connectivity index (χ1) is 6.67. The molecular formula is C13H19N. The SMILES string of the molecule is CCC(C)=Cc1ccc(C)cc1NC. The maximum absolute atomic E-state index is 3.22. The van der Waals surface area contributed by atoms with Crippen molar-refractivity contribution < 1.29 is 0 Å². The number of allylic oxidation sites excluding steroid dienone is 1. The zero-order valence-corrected chi connectivity index (χ0v) is 9.52. The molecular weight excluding hydrogens is 170 g/mol. The number of aryl methyl sites for hydroxylation is 1. The summed E-state index contributed by atoms with van der Waals surface area (Å²) in [5.74, 6) is 0. The highest BCUT2D eigenvalue weighted by molar-refractivity contribution is 5.68. The van der Waals surface area contributed by atoms with Crippen LogP contribution in [-0.2, 0) is 0 Å². The summed E-state index contributed by atoms with van der Waals surface area (Å²) >= 11 is 0. The van der Waals surface area contributed by atoms with Crippen LogP contribution in [0.3, 0.4) is 0 Å². The molecule has 1 N–H and O–H groups in total. The Balaban J connectivity index is 3.08. The van der Waals surface area contributed by atoms with E-state index in [1.54, 1.807) is 0 Å². The van der Waals surface area contributed by atoms with E-state index in [0.29, 0.717) is 0 Å². The van der Waals surface area contributed by atoms with Gasteiger partial charge in [0.25, 0.3) is 0 Å². The summed E-state index contributed by atoms with van der Waals surface area (Å²) in [5, 5.41) is 3.22. The monoisotopic (exact) mass is 189 g/mol. The van der Waals surface area contributed by atoms with Crippen molar-refractivity contribution in [2.45, 2.75) is 27.2 Å². The molecule has 1 aromatic rings. The highest BCUT2D eigenvalue weighted by Gasteiger charge is 1.98. The predicted octanol–water partition coefficient (Wildman–Crippen LogP) is 3.85. The molecule has 0 aromatic heterocycles. The van der Waals surface area contributed by atoms with Crippen LogP contribution in [0.25, 0.3) is 6.08 Å². The van der Waals surface area contributed by atoms with E-state index < -0.39 is 0 Å². The molecule has 0 radical (unpaired) electrons. The lowest BCUT2D eigenvalue weighted by atomic mass is 10.1. The molecule has 0 unspecified atom stereocenters. The largest absolute Gasteiger partial charge is 0.388 e. The third-order valence-electron chi connectivity index (χ3n) is 2.44. The standard InChI is InChI=1S/C13H19N/c1-5-10(2)8-12-7-6-11(3)9-13(12)14-4/h6-9,14H,5H2,1-4H3. The Labute approximate surface area is 86.8 Å². The van der Waals surface area contributed by atoms with Crippen LogP contribution in [0.5, 0.6) is 0 Å². The van der Waals surface area contributed by atoms with Crippen molar-refractivity contribution in [1.29, 1.82) is 0 Å². The molecule has 0 aliphatic heterocycles. The first kappa shape index (κ1) is 10.8. The van der Waals surface area contributed by atoms with Crippen molar-refractivity contribution in [3.8, 4) is 0 Å². The molecule has 0 heterocycles. The second-order valence-electron chi connectivity index (χ2n) is 3.68. The first-order valence-electron chi connectivity index (χ1n) is 5.13. The van der Waals surface area contributed by atoms with Crippen molar-refractivity contribution in [1.82, 2.24) is 0 Å². The summed E-state index contributed by atoms with van der Waals surface area (Å²) in [6.45, 7) is 6.46. The summed E-state index contributed by atoms with van der Waals surface area (Å²) in [4.78, 5) is 0. The van der Waals surface area contributed by atoms with Gasteiger partial charge in [-0.15, -0.1) is 0 Å². The van der Waals surface area contributed by atoms with Crippen LogP contribution in [0.1, 0.15) is 31.4 Å². The Bertz CT molecular complexity index is 337. The van der Waals surface area contributed by atoms with Gasteiger partial charge in [-0.2, -0.15) is 0 Å². The third kappa shape index (κ3) is 2.63. The fraction of sp³-hybridized carbons (Fsp3) is 0.385. The van der Waals surface area contributed by atoms with Gasteiger partial charge in [-0.25, -0.2) is 0 Å². The van der Waals surface area contributed by atoms with Crippen LogP contribution in [0, 0.1) is 6.92 Å². The molecule has 1 heteroatoms. The molecule has 1 nitrogen and oxygen atoms in total. The van der Waals surface area contributed by atoms with E-state index in [9.17, 15) is 0 Å². The van der Waals surface area contributed by atoms with Gasteiger partial charge in [0.2, 0.25) is 0 Å². The molecule has 76 valence electrons. The Morgan fingerprint density at radius 1 is 1.43 bits per heavy atom. The van der Waals surface area contributed by atoms with Crippen LogP contribution in [0.15, 0.2) is 23.8 Å². The van der Waals surface area contributed by atoms with Crippen molar-refractivity contribution >= 4 is 11.8 Å². The van der Waals surface area contributed by atoms with Gasteiger partial charge in [0.15, 0.2) is 0 Å². The van der Waals surface area contributed by atoms with Crippen LogP contribution in [0.2, 0.25) is 0 Å².